The lowest BCUT2D eigenvalue weighted by Gasteiger charge is -2.19. The summed E-state index contributed by atoms with van der Waals surface area (Å²) in [5.41, 5.74) is 11.7. The maximum atomic E-state index is 14.3. The number of nitriles is 1. The van der Waals surface area contributed by atoms with Crippen molar-refractivity contribution in [3.8, 4) is 50.8 Å². The number of hydrogen-bond donors (Lipinski definition) is 0. The van der Waals surface area contributed by atoms with Gasteiger partial charge in [0.15, 0.2) is 0 Å². The summed E-state index contributed by atoms with van der Waals surface area (Å²) in [6.45, 7) is 4.13. The van der Waals surface area contributed by atoms with Gasteiger partial charge < -0.3 is 9.13 Å². The molecule has 0 bridgehead atoms. The number of rotatable bonds is 5. The Morgan fingerprint density at radius 3 is 1.31 bits per heavy atom. The van der Waals surface area contributed by atoms with E-state index in [1.807, 2.05) is 60.7 Å². The van der Waals surface area contributed by atoms with Crippen LogP contribution in [0.3, 0.4) is 0 Å². The minimum absolute atomic E-state index is 0.392. The monoisotopic (exact) mass is 757 g/mol. The first-order valence-corrected chi connectivity index (χ1v) is 19.1. The highest BCUT2D eigenvalue weighted by atomic mass is 19.4. The highest BCUT2D eigenvalue weighted by molar-refractivity contribution is 6.12. The Hall–Kier alpha value is -7.36. The number of aromatic nitrogens is 2. The first-order chi connectivity index (χ1) is 28.2. The first-order valence-electron chi connectivity index (χ1n) is 19.1. The fourth-order valence-corrected chi connectivity index (χ4v) is 8.59. The van der Waals surface area contributed by atoms with Crippen LogP contribution in [-0.4, -0.2) is 9.13 Å². The Labute approximate surface area is 333 Å². The number of halogens is 3. The summed E-state index contributed by atoms with van der Waals surface area (Å²) in [6.07, 6.45) is -4.54. The van der Waals surface area contributed by atoms with Gasteiger partial charge in [-0.25, -0.2) is 0 Å². The molecule has 0 spiro atoms. The maximum Gasteiger partial charge on any atom is 0.416 e. The van der Waals surface area contributed by atoms with Crippen molar-refractivity contribution in [2.45, 2.75) is 20.0 Å². The summed E-state index contributed by atoms with van der Waals surface area (Å²) >= 11 is 0. The zero-order valence-electron chi connectivity index (χ0n) is 31.6. The van der Waals surface area contributed by atoms with Crippen LogP contribution in [0.5, 0.6) is 0 Å². The molecule has 278 valence electrons. The van der Waals surface area contributed by atoms with Crippen molar-refractivity contribution < 1.29 is 13.2 Å². The number of hydrogen-bond acceptors (Lipinski definition) is 1. The summed E-state index contributed by atoms with van der Waals surface area (Å²) in [5, 5.41) is 15.4. The van der Waals surface area contributed by atoms with E-state index in [4.69, 9.17) is 0 Å². The van der Waals surface area contributed by atoms with Crippen LogP contribution in [0.15, 0.2) is 170 Å². The molecule has 58 heavy (non-hydrogen) atoms. The molecule has 0 fully saturated rings. The summed E-state index contributed by atoms with van der Waals surface area (Å²) < 4.78 is 47.0. The van der Waals surface area contributed by atoms with Crippen LogP contribution in [0.2, 0.25) is 0 Å². The number of para-hydroxylation sites is 2. The van der Waals surface area contributed by atoms with E-state index in [0.29, 0.717) is 28.1 Å². The Bertz CT molecular complexity index is 3140. The molecule has 0 saturated heterocycles. The van der Waals surface area contributed by atoms with E-state index in [9.17, 15) is 18.4 Å². The van der Waals surface area contributed by atoms with Crippen LogP contribution in [-0.2, 0) is 6.18 Å². The quantitative estimate of drug-likeness (QED) is 0.172. The Morgan fingerprint density at radius 1 is 0.414 bits per heavy atom. The van der Waals surface area contributed by atoms with E-state index >= 15 is 0 Å². The molecule has 2 aromatic heterocycles. The predicted molar refractivity (Wildman–Crippen MR) is 231 cm³/mol. The molecule has 0 unspecified atom stereocenters. The lowest BCUT2D eigenvalue weighted by molar-refractivity contribution is -0.137. The van der Waals surface area contributed by atoms with E-state index in [2.05, 4.69) is 114 Å². The Balaban J connectivity index is 1.34. The molecule has 0 atom stereocenters. The zero-order chi connectivity index (χ0) is 39.7. The van der Waals surface area contributed by atoms with E-state index in [0.717, 1.165) is 83.1 Å². The van der Waals surface area contributed by atoms with E-state index in [1.165, 1.54) is 12.1 Å². The molecule has 8 aromatic carbocycles. The van der Waals surface area contributed by atoms with Gasteiger partial charge in [-0.05, 0) is 95.8 Å². The van der Waals surface area contributed by atoms with Crippen LogP contribution in [0.25, 0.3) is 88.4 Å². The average molecular weight is 758 g/mol. The molecule has 0 amide bonds. The molecule has 10 rings (SSSR count). The lowest BCUT2D eigenvalue weighted by atomic mass is 9.98. The van der Waals surface area contributed by atoms with Gasteiger partial charge in [0.05, 0.1) is 39.0 Å². The van der Waals surface area contributed by atoms with Crippen molar-refractivity contribution >= 4 is 43.6 Å². The standard InChI is InChI=1S/C52H34F3N3/c1-32-10-7-12-34(24-32)37-20-22-43-41-16-3-5-18-46(41)57(48(43)27-37)50-29-39(36-14-9-15-40(26-36)52(53,54)55)30-51(45(50)31-56)58-47-19-6-4-17-42(47)44-23-21-38(28-49(44)58)35-13-8-11-33(2)25-35/h3-30H,1-2H3. The van der Waals surface area contributed by atoms with Gasteiger partial charge in [0, 0.05) is 21.5 Å². The molecule has 0 aliphatic rings. The van der Waals surface area contributed by atoms with Gasteiger partial charge in [-0.3, -0.25) is 0 Å². The minimum Gasteiger partial charge on any atom is -0.308 e. The van der Waals surface area contributed by atoms with Crippen molar-refractivity contribution in [2.24, 2.45) is 0 Å². The van der Waals surface area contributed by atoms with Crippen molar-refractivity contribution in [1.29, 1.82) is 5.26 Å². The summed E-state index contributed by atoms with van der Waals surface area (Å²) in [5.74, 6) is 0. The second-order valence-electron chi connectivity index (χ2n) is 15.0. The van der Waals surface area contributed by atoms with Gasteiger partial charge in [0.2, 0.25) is 0 Å². The third kappa shape index (κ3) is 5.74. The Morgan fingerprint density at radius 2 is 0.845 bits per heavy atom. The number of alkyl halides is 3. The molecule has 10 aromatic rings. The molecule has 0 aliphatic heterocycles. The number of nitrogens with zero attached hydrogens (tertiary/aromatic N) is 3. The van der Waals surface area contributed by atoms with E-state index < -0.39 is 11.7 Å². The zero-order valence-corrected chi connectivity index (χ0v) is 31.6. The first kappa shape index (κ1) is 35.1. The van der Waals surface area contributed by atoms with Gasteiger partial charge >= 0.3 is 6.18 Å². The predicted octanol–water partition coefficient (Wildman–Crippen LogP) is 14.4. The maximum absolute atomic E-state index is 14.3. The smallest absolute Gasteiger partial charge is 0.308 e. The van der Waals surface area contributed by atoms with E-state index in [1.54, 1.807) is 6.07 Å². The van der Waals surface area contributed by atoms with Crippen molar-refractivity contribution in [1.82, 2.24) is 9.13 Å². The fourth-order valence-electron chi connectivity index (χ4n) is 8.59. The van der Waals surface area contributed by atoms with Crippen LogP contribution in [0, 0.1) is 25.2 Å². The normalized spacial score (nSPS) is 11.9. The van der Waals surface area contributed by atoms with Gasteiger partial charge in [-0.2, -0.15) is 18.4 Å². The highest BCUT2D eigenvalue weighted by Gasteiger charge is 2.31. The molecular weight excluding hydrogens is 724 g/mol. The van der Waals surface area contributed by atoms with Gasteiger partial charge in [0.1, 0.15) is 11.6 Å². The fraction of sp³-hybridized carbons (Fsp3) is 0.0577. The second kappa shape index (κ2) is 13.4. The van der Waals surface area contributed by atoms with Crippen molar-refractivity contribution in [3.05, 3.63) is 192 Å². The summed E-state index contributed by atoms with van der Waals surface area (Å²) in [4.78, 5) is 0. The molecule has 0 N–H and O–H groups in total. The molecule has 2 heterocycles. The summed E-state index contributed by atoms with van der Waals surface area (Å²) in [7, 11) is 0. The number of aryl methyl sites for hydroxylation is 2. The number of benzene rings is 8. The van der Waals surface area contributed by atoms with Crippen molar-refractivity contribution in [3.63, 3.8) is 0 Å². The van der Waals surface area contributed by atoms with Crippen LogP contribution >= 0.6 is 0 Å². The molecule has 3 nitrogen and oxygen atoms in total. The Kier molecular flexibility index (Phi) is 8.10. The van der Waals surface area contributed by atoms with E-state index in [-0.39, 0.29) is 0 Å². The van der Waals surface area contributed by atoms with Gasteiger partial charge in [-0.1, -0.05) is 132 Å². The lowest BCUT2D eigenvalue weighted by Crippen LogP contribution is -2.06. The highest BCUT2D eigenvalue weighted by Crippen LogP contribution is 2.42. The topological polar surface area (TPSA) is 33.6 Å². The molecule has 0 radical (unpaired) electrons. The van der Waals surface area contributed by atoms with Crippen molar-refractivity contribution in [2.75, 3.05) is 0 Å². The van der Waals surface area contributed by atoms with Gasteiger partial charge in [0.25, 0.3) is 0 Å². The van der Waals surface area contributed by atoms with Crippen LogP contribution in [0.4, 0.5) is 13.2 Å². The second-order valence-corrected chi connectivity index (χ2v) is 15.0. The largest absolute Gasteiger partial charge is 0.416 e. The third-order valence-electron chi connectivity index (χ3n) is 11.3. The molecule has 0 aliphatic carbocycles. The minimum atomic E-state index is -4.54. The SMILES string of the molecule is Cc1cccc(-c2ccc3c4ccccc4n(-c4cc(-c5cccc(C(F)(F)F)c5)cc(-n5c6ccccc6c6ccc(-c7cccc(C)c7)cc65)c4C#N)c3c2)c1. The van der Waals surface area contributed by atoms with Crippen LogP contribution in [0.1, 0.15) is 22.3 Å². The summed E-state index contributed by atoms with van der Waals surface area (Å²) in [6, 6.07) is 57.4. The number of fused-ring (bicyclic) bond motifs is 6. The molecule has 6 heteroatoms. The average Bonchev–Trinajstić information content (AvgIpc) is 3.75. The molecular formula is C52H34F3N3. The third-order valence-corrected chi connectivity index (χ3v) is 11.3. The van der Waals surface area contributed by atoms with Crippen LogP contribution < -0.4 is 0 Å². The van der Waals surface area contributed by atoms with Gasteiger partial charge in [-0.15, -0.1) is 0 Å². The molecule has 0 saturated carbocycles.